The van der Waals surface area contributed by atoms with Gasteiger partial charge in [0.1, 0.15) is 4.90 Å². The van der Waals surface area contributed by atoms with Gasteiger partial charge in [0.05, 0.1) is 17.3 Å². The van der Waals surface area contributed by atoms with Crippen LogP contribution in [0.1, 0.15) is 5.56 Å². The molecule has 0 saturated heterocycles. The Morgan fingerprint density at radius 3 is 2.55 bits per heavy atom. The molecule has 0 heterocycles. The summed E-state index contributed by atoms with van der Waals surface area (Å²) < 4.78 is 27.8. The third-order valence-electron chi connectivity index (χ3n) is 2.59. The van der Waals surface area contributed by atoms with Gasteiger partial charge in [0.2, 0.25) is 0 Å². The summed E-state index contributed by atoms with van der Waals surface area (Å²) in [5, 5.41) is 9.19. The van der Waals surface area contributed by atoms with E-state index in [0.29, 0.717) is 15.7 Å². The summed E-state index contributed by atoms with van der Waals surface area (Å²) in [5.74, 6) is 0. The second kappa shape index (κ2) is 6.13. The first kappa shape index (κ1) is 15.3. The summed E-state index contributed by atoms with van der Waals surface area (Å²) in [6.45, 7) is -0.255. The number of aliphatic hydroxyl groups excluding tert-OH is 1. The Kier molecular flexibility index (Phi) is 4.70. The molecule has 4 nitrogen and oxygen atoms in total. The molecule has 0 amide bonds. The number of benzene rings is 2. The standard InChI is InChI=1S/C13H11BrClNO3S/c14-10-3-1-2-4-12(10)16-20(18,19)13-7-9(8-17)5-6-11(13)15/h1-7,16-17H,8H2. The number of hydrogen-bond donors (Lipinski definition) is 2. The largest absolute Gasteiger partial charge is 0.392 e. The van der Waals surface area contributed by atoms with Crippen LogP contribution in [-0.4, -0.2) is 13.5 Å². The van der Waals surface area contributed by atoms with Crippen molar-refractivity contribution in [1.82, 2.24) is 0 Å². The van der Waals surface area contributed by atoms with Crippen LogP contribution in [0.4, 0.5) is 5.69 Å². The van der Waals surface area contributed by atoms with Gasteiger partial charge in [0.15, 0.2) is 0 Å². The first-order chi connectivity index (χ1) is 9.44. The Balaban J connectivity index is 2.43. The van der Waals surface area contributed by atoms with Crippen LogP contribution < -0.4 is 4.72 Å². The van der Waals surface area contributed by atoms with Crippen LogP contribution in [0.25, 0.3) is 0 Å². The highest BCUT2D eigenvalue weighted by atomic mass is 79.9. The molecule has 0 radical (unpaired) electrons. The average Bonchev–Trinajstić information content (AvgIpc) is 2.41. The minimum Gasteiger partial charge on any atom is -0.392 e. The zero-order valence-corrected chi connectivity index (χ0v) is 13.3. The van der Waals surface area contributed by atoms with Gasteiger partial charge < -0.3 is 5.11 Å². The molecule has 0 fully saturated rings. The molecule has 0 saturated carbocycles. The maximum absolute atomic E-state index is 12.3. The molecule has 0 bridgehead atoms. The monoisotopic (exact) mass is 375 g/mol. The zero-order valence-electron chi connectivity index (χ0n) is 10.2. The molecular formula is C13H11BrClNO3S. The lowest BCUT2D eigenvalue weighted by atomic mass is 10.2. The summed E-state index contributed by atoms with van der Waals surface area (Å²) in [5.41, 5.74) is 0.889. The van der Waals surface area contributed by atoms with E-state index in [-0.39, 0.29) is 16.5 Å². The highest BCUT2D eigenvalue weighted by molar-refractivity contribution is 9.10. The smallest absolute Gasteiger partial charge is 0.263 e. The molecule has 0 spiro atoms. The number of para-hydroxylation sites is 1. The fraction of sp³-hybridized carbons (Fsp3) is 0.0769. The van der Waals surface area contributed by atoms with Gasteiger partial charge in [-0.15, -0.1) is 0 Å². The predicted octanol–water partition coefficient (Wildman–Crippen LogP) is 3.40. The number of sulfonamides is 1. The van der Waals surface area contributed by atoms with Gasteiger partial charge >= 0.3 is 0 Å². The number of anilines is 1. The van der Waals surface area contributed by atoms with Crippen molar-refractivity contribution >= 4 is 43.2 Å². The van der Waals surface area contributed by atoms with Crippen molar-refractivity contribution in [2.24, 2.45) is 0 Å². The summed E-state index contributed by atoms with van der Waals surface area (Å²) in [4.78, 5) is -0.0681. The summed E-state index contributed by atoms with van der Waals surface area (Å²) >= 11 is 9.20. The molecule has 20 heavy (non-hydrogen) atoms. The van der Waals surface area contributed by atoms with Crippen molar-refractivity contribution in [2.75, 3.05) is 4.72 Å². The molecule has 0 aliphatic carbocycles. The summed E-state index contributed by atoms with van der Waals surface area (Å²) in [6, 6.07) is 11.2. The Morgan fingerprint density at radius 1 is 1.20 bits per heavy atom. The lowest BCUT2D eigenvalue weighted by Gasteiger charge is -2.11. The van der Waals surface area contributed by atoms with E-state index in [4.69, 9.17) is 16.7 Å². The Labute approximate surface area is 130 Å². The first-order valence-electron chi connectivity index (χ1n) is 5.60. The minimum absolute atomic E-state index is 0.0681. The van der Waals surface area contributed by atoms with Crippen LogP contribution in [0.2, 0.25) is 5.02 Å². The molecule has 106 valence electrons. The van der Waals surface area contributed by atoms with Crippen molar-refractivity contribution in [2.45, 2.75) is 11.5 Å². The molecule has 2 aromatic rings. The van der Waals surface area contributed by atoms with E-state index in [2.05, 4.69) is 20.7 Å². The van der Waals surface area contributed by atoms with E-state index in [0.717, 1.165) is 0 Å². The topological polar surface area (TPSA) is 66.4 Å². The van der Waals surface area contributed by atoms with Crippen molar-refractivity contribution < 1.29 is 13.5 Å². The van der Waals surface area contributed by atoms with Crippen molar-refractivity contribution in [3.63, 3.8) is 0 Å². The molecule has 0 atom stereocenters. The third kappa shape index (κ3) is 3.32. The van der Waals surface area contributed by atoms with E-state index in [1.807, 2.05) is 0 Å². The van der Waals surface area contributed by atoms with Gasteiger partial charge in [0, 0.05) is 4.47 Å². The van der Waals surface area contributed by atoms with E-state index < -0.39 is 10.0 Å². The van der Waals surface area contributed by atoms with Crippen LogP contribution in [0.15, 0.2) is 51.8 Å². The minimum atomic E-state index is -3.82. The first-order valence-corrected chi connectivity index (χ1v) is 8.26. The molecule has 2 rings (SSSR count). The van der Waals surface area contributed by atoms with Crippen molar-refractivity contribution in [3.05, 3.63) is 57.5 Å². The van der Waals surface area contributed by atoms with Crippen LogP contribution in [0.5, 0.6) is 0 Å². The maximum Gasteiger partial charge on any atom is 0.263 e. The number of rotatable bonds is 4. The van der Waals surface area contributed by atoms with Crippen molar-refractivity contribution in [1.29, 1.82) is 0 Å². The lowest BCUT2D eigenvalue weighted by Crippen LogP contribution is -2.14. The molecule has 2 aromatic carbocycles. The van der Waals surface area contributed by atoms with Gasteiger partial charge in [-0.3, -0.25) is 4.72 Å². The molecular weight excluding hydrogens is 366 g/mol. The van der Waals surface area contributed by atoms with Gasteiger partial charge in [-0.2, -0.15) is 0 Å². The molecule has 0 aromatic heterocycles. The Morgan fingerprint density at radius 2 is 1.90 bits per heavy atom. The quantitative estimate of drug-likeness (QED) is 0.859. The van der Waals surface area contributed by atoms with Gasteiger partial charge in [-0.05, 0) is 45.8 Å². The average molecular weight is 377 g/mol. The Bertz CT molecular complexity index is 734. The molecule has 7 heteroatoms. The van der Waals surface area contributed by atoms with Crippen LogP contribution in [0, 0.1) is 0 Å². The molecule has 2 N–H and O–H groups in total. The Hall–Kier alpha value is -1.08. The van der Waals surface area contributed by atoms with E-state index in [1.54, 1.807) is 30.3 Å². The summed E-state index contributed by atoms with van der Waals surface area (Å²) in [6.07, 6.45) is 0. The SMILES string of the molecule is O=S(=O)(Nc1ccccc1Br)c1cc(CO)ccc1Cl. The lowest BCUT2D eigenvalue weighted by molar-refractivity contribution is 0.281. The predicted molar refractivity (Wildman–Crippen MR) is 82.3 cm³/mol. The fourth-order valence-electron chi connectivity index (χ4n) is 1.60. The van der Waals surface area contributed by atoms with Gasteiger partial charge in [0.25, 0.3) is 10.0 Å². The van der Waals surface area contributed by atoms with Gasteiger partial charge in [-0.1, -0.05) is 29.8 Å². The van der Waals surface area contributed by atoms with Crippen molar-refractivity contribution in [3.8, 4) is 0 Å². The fourth-order valence-corrected chi connectivity index (χ4v) is 3.74. The molecule has 0 aliphatic rings. The van der Waals surface area contributed by atoms with E-state index >= 15 is 0 Å². The van der Waals surface area contributed by atoms with Gasteiger partial charge in [-0.25, -0.2) is 8.42 Å². The molecule has 0 unspecified atom stereocenters. The second-order valence-corrected chi connectivity index (χ2v) is 6.92. The maximum atomic E-state index is 12.3. The normalized spacial score (nSPS) is 11.3. The third-order valence-corrected chi connectivity index (χ3v) is 5.12. The number of halogens is 2. The van der Waals surface area contributed by atoms with Crippen LogP contribution in [-0.2, 0) is 16.6 Å². The van der Waals surface area contributed by atoms with E-state index in [9.17, 15) is 8.42 Å². The van der Waals surface area contributed by atoms with Crippen LogP contribution >= 0.6 is 27.5 Å². The highest BCUT2D eigenvalue weighted by Crippen LogP contribution is 2.28. The zero-order chi connectivity index (χ0) is 14.8. The number of aliphatic hydroxyl groups is 1. The second-order valence-electron chi connectivity index (χ2n) is 4.01. The molecule has 0 aliphatic heterocycles. The van der Waals surface area contributed by atoms with E-state index in [1.165, 1.54) is 12.1 Å². The van der Waals surface area contributed by atoms with Crippen LogP contribution in [0.3, 0.4) is 0 Å². The number of nitrogens with one attached hydrogen (secondary N) is 1. The number of hydrogen-bond acceptors (Lipinski definition) is 3. The highest BCUT2D eigenvalue weighted by Gasteiger charge is 2.19. The summed E-state index contributed by atoms with van der Waals surface area (Å²) in [7, 11) is -3.82.